The lowest BCUT2D eigenvalue weighted by molar-refractivity contribution is 0.102. The lowest BCUT2D eigenvalue weighted by Crippen LogP contribution is -2.37. The van der Waals surface area contributed by atoms with E-state index >= 15 is 0 Å². The maximum absolute atomic E-state index is 12.9. The number of nitrogens with one attached hydrogen (secondary N) is 1. The third-order valence-corrected chi connectivity index (χ3v) is 7.49. The Balaban J connectivity index is 1.64. The third kappa shape index (κ3) is 3.84. The van der Waals surface area contributed by atoms with Gasteiger partial charge in [0.1, 0.15) is 5.65 Å². The molecule has 1 aliphatic rings. The smallest absolute Gasteiger partial charge is 0.321 e. The Hall–Kier alpha value is -3.31. The van der Waals surface area contributed by atoms with Crippen LogP contribution in [0.4, 0.5) is 5.69 Å². The maximum atomic E-state index is 12.9. The van der Waals surface area contributed by atoms with E-state index in [1.807, 2.05) is 0 Å². The summed E-state index contributed by atoms with van der Waals surface area (Å²) in [4.78, 5) is 41.5. The van der Waals surface area contributed by atoms with Crippen LogP contribution in [0.1, 0.15) is 29.6 Å². The number of nitrogens with zero attached hydrogens (tertiary/aromatic N) is 4. The third-order valence-electron chi connectivity index (χ3n) is 5.60. The normalized spacial score (nSPS) is 15.1. The molecular weight excluding hydrogens is 434 g/mol. The van der Waals surface area contributed by atoms with Gasteiger partial charge in [0.2, 0.25) is 10.0 Å². The molecule has 1 fully saturated rings. The molecule has 1 N–H and O–H groups in total. The maximum Gasteiger partial charge on any atom is 0.332 e. The summed E-state index contributed by atoms with van der Waals surface area (Å²) in [6, 6.07) is 7.30. The molecule has 0 saturated carbocycles. The van der Waals surface area contributed by atoms with E-state index in [-0.39, 0.29) is 27.2 Å². The SMILES string of the molecule is Cn1c(=O)c2cc(NC(=O)c3cccc(S(=O)(=O)N4CCCCC4)c3)cnc2n(C)c1=O. The number of anilines is 1. The summed E-state index contributed by atoms with van der Waals surface area (Å²) in [6.07, 6.45) is 3.98. The Labute approximate surface area is 184 Å². The van der Waals surface area contributed by atoms with Crippen molar-refractivity contribution in [1.82, 2.24) is 18.4 Å². The largest absolute Gasteiger partial charge is 0.332 e. The molecule has 0 aliphatic carbocycles. The van der Waals surface area contributed by atoms with E-state index in [2.05, 4.69) is 10.3 Å². The van der Waals surface area contributed by atoms with Crippen molar-refractivity contribution in [2.24, 2.45) is 14.1 Å². The highest BCUT2D eigenvalue weighted by Crippen LogP contribution is 2.22. The number of aryl methyl sites for hydroxylation is 1. The van der Waals surface area contributed by atoms with Gasteiger partial charge in [0.25, 0.3) is 11.5 Å². The topological polar surface area (TPSA) is 123 Å². The molecule has 0 bridgehead atoms. The van der Waals surface area contributed by atoms with Crippen LogP contribution >= 0.6 is 0 Å². The molecule has 2 aromatic heterocycles. The Morgan fingerprint density at radius 3 is 2.47 bits per heavy atom. The molecule has 4 rings (SSSR count). The van der Waals surface area contributed by atoms with Gasteiger partial charge in [-0.15, -0.1) is 0 Å². The fraction of sp³-hybridized carbons (Fsp3) is 0.333. The fourth-order valence-electron chi connectivity index (χ4n) is 3.79. The minimum absolute atomic E-state index is 0.0626. The van der Waals surface area contributed by atoms with E-state index in [9.17, 15) is 22.8 Å². The number of amides is 1. The molecule has 32 heavy (non-hydrogen) atoms. The average Bonchev–Trinajstić information content (AvgIpc) is 2.82. The number of pyridine rings is 1. The fourth-order valence-corrected chi connectivity index (χ4v) is 5.35. The van der Waals surface area contributed by atoms with Crippen LogP contribution < -0.4 is 16.6 Å². The molecule has 10 nitrogen and oxygen atoms in total. The van der Waals surface area contributed by atoms with E-state index in [0.29, 0.717) is 13.1 Å². The molecule has 3 heterocycles. The van der Waals surface area contributed by atoms with E-state index in [4.69, 9.17) is 0 Å². The number of carbonyl (C=O) groups excluding carboxylic acids is 1. The second-order valence-corrected chi connectivity index (χ2v) is 9.69. The molecule has 1 amide bonds. The first kappa shape index (κ1) is 21.9. The number of hydrogen-bond acceptors (Lipinski definition) is 6. The van der Waals surface area contributed by atoms with Gasteiger partial charge in [0.15, 0.2) is 0 Å². The molecule has 3 aromatic rings. The number of carbonyl (C=O) groups is 1. The second kappa shape index (κ2) is 8.32. The zero-order valence-electron chi connectivity index (χ0n) is 17.7. The number of benzene rings is 1. The van der Waals surface area contributed by atoms with Crippen molar-refractivity contribution in [2.45, 2.75) is 24.2 Å². The van der Waals surface area contributed by atoms with Gasteiger partial charge in [-0.05, 0) is 37.1 Å². The van der Waals surface area contributed by atoms with Crippen LogP contribution in [0.15, 0.2) is 51.0 Å². The molecule has 1 aromatic carbocycles. The highest BCUT2D eigenvalue weighted by Gasteiger charge is 2.26. The van der Waals surface area contributed by atoms with Crippen molar-refractivity contribution in [2.75, 3.05) is 18.4 Å². The van der Waals surface area contributed by atoms with Gasteiger partial charge in [-0.1, -0.05) is 12.5 Å². The lowest BCUT2D eigenvalue weighted by atomic mass is 10.2. The summed E-state index contributed by atoms with van der Waals surface area (Å²) in [7, 11) is -0.806. The molecule has 11 heteroatoms. The van der Waals surface area contributed by atoms with Gasteiger partial charge in [0, 0.05) is 32.7 Å². The zero-order valence-corrected chi connectivity index (χ0v) is 18.6. The number of piperidine rings is 1. The summed E-state index contributed by atoms with van der Waals surface area (Å²) in [5.74, 6) is -0.538. The monoisotopic (exact) mass is 457 g/mol. The van der Waals surface area contributed by atoms with Crippen molar-refractivity contribution >= 4 is 32.7 Å². The van der Waals surface area contributed by atoms with E-state index < -0.39 is 27.2 Å². The quantitative estimate of drug-likeness (QED) is 0.625. The predicted octanol–water partition coefficient (Wildman–Crippen LogP) is 1.06. The summed E-state index contributed by atoms with van der Waals surface area (Å²) < 4.78 is 29.5. The van der Waals surface area contributed by atoms with E-state index in [1.54, 1.807) is 0 Å². The Morgan fingerprint density at radius 1 is 1.03 bits per heavy atom. The van der Waals surface area contributed by atoms with Crippen LogP contribution in [-0.4, -0.2) is 45.8 Å². The molecule has 1 aliphatic heterocycles. The second-order valence-electron chi connectivity index (χ2n) is 7.75. The number of fused-ring (bicyclic) bond motifs is 1. The van der Waals surface area contributed by atoms with Crippen molar-refractivity contribution < 1.29 is 13.2 Å². The van der Waals surface area contributed by atoms with E-state index in [1.165, 1.54) is 59.5 Å². The standard InChI is InChI=1S/C21H23N5O5S/c1-24-18-17(20(28)25(2)21(24)29)12-15(13-22-18)23-19(27)14-7-6-8-16(11-14)32(30,31)26-9-4-3-5-10-26/h6-8,11-13H,3-5,9-10H2,1-2H3,(H,23,27). The number of aromatic nitrogens is 3. The van der Waals surface area contributed by atoms with Crippen LogP contribution in [0.2, 0.25) is 0 Å². The highest BCUT2D eigenvalue weighted by atomic mass is 32.2. The number of rotatable bonds is 4. The molecule has 0 unspecified atom stereocenters. The highest BCUT2D eigenvalue weighted by molar-refractivity contribution is 7.89. The van der Waals surface area contributed by atoms with Crippen LogP contribution in [0.5, 0.6) is 0 Å². The Morgan fingerprint density at radius 2 is 1.75 bits per heavy atom. The molecule has 0 atom stereocenters. The van der Waals surface area contributed by atoms with Gasteiger partial charge < -0.3 is 5.32 Å². The molecule has 168 valence electrons. The molecule has 1 saturated heterocycles. The van der Waals surface area contributed by atoms with Crippen molar-refractivity contribution in [3.63, 3.8) is 0 Å². The van der Waals surface area contributed by atoms with Crippen LogP contribution in [-0.2, 0) is 24.1 Å². The first-order valence-electron chi connectivity index (χ1n) is 10.2. The lowest BCUT2D eigenvalue weighted by Gasteiger charge is -2.26. The number of sulfonamides is 1. The molecular formula is C21H23N5O5S. The molecule has 0 spiro atoms. The summed E-state index contributed by atoms with van der Waals surface area (Å²) in [6.45, 7) is 0.942. The van der Waals surface area contributed by atoms with Crippen LogP contribution in [0, 0.1) is 0 Å². The van der Waals surface area contributed by atoms with Crippen LogP contribution in [0.3, 0.4) is 0 Å². The first-order valence-corrected chi connectivity index (χ1v) is 11.6. The first-order chi connectivity index (χ1) is 15.2. The summed E-state index contributed by atoms with van der Waals surface area (Å²) >= 11 is 0. The van der Waals surface area contributed by atoms with Crippen LogP contribution in [0.25, 0.3) is 11.0 Å². The summed E-state index contributed by atoms with van der Waals surface area (Å²) in [5.41, 5.74) is -0.412. The Bertz CT molecular complexity index is 1440. The predicted molar refractivity (Wildman–Crippen MR) is 119 cm³/mol. The number of hydrogen-bond donors (Lipinski definition) is 1. The minimum atomic E-state index is -3.67. The summed E-state index contributed by atoms with van der Waals surface area (Å²) in [5, 5.41) is 2.82. The van der Waals surface area contributed by atoms with Gasteiger partial charge in [-0.3, -0.25) is 18.7 Å². The van der Waals surface area contributed by atoms with Crippen molar-refractivity contribution in [1.29, 1.82) is 0 Å². The molecule has 0 radical (unpaired) electrons. The Kier molecular flexibility index (Phi) is 5.70. The van der Waals surface area contributed by atoms with Gasteiger partial charge >= 0.3 is 5.69 Å². The minimum Gasteiger partial charge on any atom is -0.321 e. The van der Waals surface area contributed by atoms with Crippen molar-refractivity contribution in [3.8, 4) is 0 Å². The average molecular weight is 458 g/mol. The van der Waals surface area contributed by atoms with Gasteiger partial charge in [-0.25, -0.2) is 18.2 Å². The van der Waals surface area contributed by atoms with E-state index in [0.717, 1.165) is 23.8 Å². The zero-order chi connectivity index (χ0) is 23.0. The van der Waals surface area contributed by atoms with Crippen molar-refractivity contribution in [3.05, 3.63) is 62.9 Å². The van der Waals surface area contributed by atoms with Gasteiger partial charge in [0.05, 0.1) is 22.2 Å². The van der Waals surface area contributed by atoms with Gasteiger partial charge in [-0.2, -0.15) is 4.31 Å².